The van der Waals surface area contributed by atoms with E-state index in [2.05, 4.69) is 9.97 Å². The van der Waals surface area contributed by atoms with Crippen molar-refractivity contribution in [2.24, 2.45) is 0 Å². The third-order valence-electron chi connectivity index (χ3n) is 2.91. The summed E-state index contributed by atoms with van der Waals surface area (Å²) in [6, 6.07) is 1.42. The maximum atomic E-state index is 14.3. The number of alkyl halides is 3. The molecule has 0 saturated carbocycles. The first-order valence-corrected chi connectivity index (χ1v) is 6.46. The van der Waals surface area contributed by atoms with Crippen molar-refractivity contribution in [3.63, 3.8) is 0 Å². The standard InChI is InChI=1S/C13H8ClF4N3O3/c1-24-11-4(2-3-5(20-11)13(16,17)18)9-7(15)8(19)6(14)10(21-9)12(22)23/h2-3H,1H3,(H2,19,21)(H,22,23). The lowest BCUT2D eigenvalue weighted by Crippen LogP contribution is -2.11. The van der Waals surface area contributed by atoms with Crippen LogP contribution in [-0.2, 0) is 6.18 Å². The van der Waals surface area contributed by atoms with E-state index in [1.54, 1.807) is 0 Å². The first kappa shape index (κ1) is 17.7. The number of carbonyl (C=O) groups is 1. The smallest absolute Gasteiger partial charge is 0.433 e. The van der Waals surface area contributed by atoms with Crippen LogP contribution in [-0.4, -0.2) is 28.2 Å². The van der Waals surface area contributed by atoms with Crippen LogP contribution in [0.5, 0.6) is 5.88 Å². The summed E-state index contributed by atoms with van der Waals surface area (Å²) in [5.74, 6) is -3.40. The number of aromatic nitrogens is 2. The second-order valence-corrected chi connectivity index (χ2v) is 4.78. The van der Waals surface area contributed by atoms with Crippen LogP contribution in [0.3, 0.4) is 0 Å². The first-order chi connectivity index (χ1) is 11.1. The molecule has 0 aliphatic rings. The number of nitrogens with zero attached hydrogens (tertiary/aromatic N) is 2. The van der Waals surface area contributed by atoms with Crippen LogP contribution < -0.4 is 10.5 Å². The third kappa shape index (κ3) is 3.04. The van der Waals surface area contributed by atoms with Crippen molar-refractivity contribution < 1.29 is 32.2 Å². The zero-order chi connectivity index (χ0) is 18.2. The number of ether oxygens (including phenoxy) is 1. The number of anilines is 1. The predicted molar refractivity (Wildman–Crippen MR) is 75.4 cm³/mol. The first-order valence-electron chi connectivity index (χ1n) is 6.08. The number of methoxy groups -OCH3 is 1. The van der Waals surface area contributed by atoms with Crippen molar-refractivity contribution in [3.05, 3.63) is 34.4 Å². The molecular weight excluding hydrogens is 358 g/mol. The quantitative estimate of drug-likeness (QED) is 0.810. The van der Waals surface area contributed by atoms with E-state index in [4.69, 9.17) is 27.2 Å². The Morgan fingerprint density at radius 2 is 1.96 bits per heavy atom. The Kier molecular flexibility index (Phi) is 4.52. The van der Waals surface area contributed by atoms with E-state index >= 15 is 0 Å². The number of hydrogen-bond donors (Lipinski definition) is 2. The molecule has 0 amide bonds. The molecule has 0 aromatic carbocycles. The van der Waals surface area contributed by atoms with Crippen LogP contribution in [0.25, 0.3) is 11.3 Å². The summed E-state index contributed by atoms with van der Waals surface area (Å²) in [7, 11) is 1.02. The highest BCUT2D eigenvalue weighted by Crippen LogP contribution is 2.37. The van der Waals surface area contributed by atoms with Gasteiger partial charge in [0.05, 0.1) is 23.4 Å². The normalized spacial score (nSPS) is 11.4. The number of pyridine rings is 2. The van der Waals surface area contributed by atoms with Crippen molar-refractivity contribution in [1.29, 1.82) is 0 Å². The van der Waals surface area contributed by atoms with Gasteiger partial charge in [0.1, 0.15) is 11.4 Å². The number of aromatic carboxylic acids is 1. The molecule has 0 unspecified atom stereocenters. The fraction of sp³-hybridized carbons (Fsp3) is 0.154. The van der Waals surface area contributed by atoms with Crippen LogP contribution in [0.1, 0.15) is 16.2 Å². The van der Waals surface area contributed by atoms with Crippen molar-refractivity contribution in [1.82, 2.24) is 9.97 Å². The summed E-state index contributed by atoms with van der Waals surface area (Å²) < 4.78 is 57.0. The lowest BCUT2D eigenvalue weighted by atomic mass is 10.1. The van der Waals surface area contributed by atoms with Gasteiger partial charge in [-0.2, -0.15) is 13.2 Å². The van der Waals surface area contributed by atoms with Gasteiger partial charge in [0.15, 0.2) is 11.5 Å². The van der Waals surface area contributed by atoms with E-state index < -0.39 is 51.6 Å². The molecule has 3 N–H and O–H groups in total. The zero-order valence-electron chi connectivity index (χ0n) is 11.8. The minimum absolute atomic E-state index is 0.311. The van der Waals surface area contributed by atoms with Gasteiger partial charge < -0.3 is 15.6 Å². The van der Waals surface area contributed by atoms with Crippen LogP contribution in [0.4, 0.5) is 23.2 Å². The Morgan fingerprint density at radius 1 is 1.33 bits per heavy atom. The van der Waals surface area contributed by atoms with Gasteiger partial charge >= 0.3 is 12.1 Å². The molecule has 11 heteroatoms. The fourth-order valence-corrected chi connectivity index (χ4v) is 2.02. The van der Waals surface area contributed by atoms with Gasteiger partial charge in [-0.25, -0.2) is 19.2 Å². The van der Waals surface area contributed by atoms with E-state index in [9.17, 15) is 22.4 Å². The molecule has 24 heavy (non-hydrogen) atoms. The molecule has 2 aromatic heterocycles. The maximum Gasteiger partial charge on any atom is 0.433 e. The van der Waals surface area contributed by atoms with Crippen molar-refractivity contribution in [3.8, 4) is 17.1 Å². The highest BCUT2D eigenvalue weighted by Gasteiger charge is 2.34. The summed E-state index contributed by atoms with van der Waals surface area (Å²) in [5, 5.41) is 8.39. The molecule has 0 radical (unpaired) electrons. The van der Waals surface area contributed by atoms with Crippen LogP contribution in [0, 0.1) is 5.82 Å². The van der Waals surface area contributed by atoms with Crippen LogP contribution in [0.15, 0.2) is 12.1 Å². The predicted octanol–water partition coefficient (Wildman–Crippen LogP) is 3.24. The molecule has 128 valence electrons. The third-order valence-corrected chi connectivity index (χ3v) is 3.30. The average molecular weight is 366 g/mol. The Hall–Kier alpha value is -2.62. The van der Waals surface area contributed by atoms with Gasteiger partial charge in [-0.1, -0.05) is 11.6 Å². The summed E-state index contributed by atoms with van der Waals surface area (Å²) in [4.78, 5) is 17.8. The molecule has 0 aliphatic heterocycles. The molecule has 0 spiro atoms. The summed E-state index contributed by atoms with van der Waals surface area (Å²) in [6.07, 6.45) is -4.75. The number of rotatable bonds is 3. The Morgan fingerprint density at radius 3 is 2.46 bits per heavy atom. The monoisotopic (exact) mass is 365 g/mol. The second-order valence-electron chi connectivity index (χ2n) is 4.41. The van der Waals surface area contributed by atoms with Crippen molar-refractivity contribution >= 4 is 23.3 Å². The van der Waals surface area contributed by atoms with Gasteiger partial charge in [-0.05, 0) is 12.1 Å². The Labute approximate surface area is 136 Å². The minimum atomic E-state index is -4.75. The molecule has 2 aromatic rings. The number of nitrogen functional groups attached to an aromatic ring is 1. The maximum absolute atomic E-state index is 14.3. The lowest BCUT2D eigenvalue weighted by molar-refractivity contribution is -0.141. The van der Waals surface area contributed by atoms with Gasteiger partial charge in [0.25, 0.3) is 0 Å². The summed E-state index contributed by atoms with van der Waals surface area (Å²) in [5.41, 5.74) is 1.70. The topological polar surface area (TPSA) is 98.3 Å². The summed E-state index contributed by atoms with van der Waals surface area (Å²) >= 11 is 5.61. The summed E-state index contributed by atoms with van der Waals surface area (Å²) in [6.45, 7) is 0. The van der Waals surface area contributed by atoms with Gasteiger partial charge in [-0.15, -0.1) is 0 Å². The molecule has 0 bridgehead atoms. The second kappa shape index (κ2) is 6.11. The molecule has 0 aliphatic carbocycles. The SMILES string of the molecule is COc1nc(C(F)(F)F)ccc1-c1nc(C(=O)O)c(Cl)c(N)c1F. The fourth-order valence-electron chi connectivity index (χ4n) is 1.82. The number of halogens is 5. The van der Waals surface area contributed by atoms with Gasteiger partial charge in [-0.3, -0.25) is 0 Å². The molecule has 0 fully saturated rings. The Bertz CT molecular complexity index is 827. The lowest BCUT2D eigenvalue weighted by Gasteiger charge is -2.13. The van der Waals surface area contributed by atoms with Gasteiger partial charge in [0, 0.05) is 0 Å². The number of carboxylic acids is 1. The minimum Gasteiger partial charge on any atom is -0.480 e. The van der Waals surface area contributed by atoms with Crippen LogP contribution in [0.2, 0.25) is 5.02 Å². The molecular formula is C13H8ClF4N3O3. The van der Waals surface area contributed by atoms with E-state index in [0.29, 0.717) is 6.07 Å². The van der Waals surface area contributed by atoms with E-state index in [1.165, 1.54) is 0 Å². The highest BCUT2D eigenvalue weighted by molar-refractivity contribution is 6.35. The molecule has 6 nitrogen and oxygen atoms in total. The van der Waals surface area contributed by atoms with E-state index in [1.807, 2.05) is 0 Å². The average Bonchev–Trinajstić information content (AvgIpc) is 2.51. The molecule has 2 heterocycles. The van der Waals surface area contributed by atoms with Gasteiger partial charge in [0.2, 0.25) is 5.88 Å². The highest BCUT2D eigenvalue weighted by atomic mass is 35.5. The largest absolute Gasteiger partial charge is 0.480 e. The number of hydrogen-bond acceptors (Lipinski definition) is 5. The molecule has 0 saturated heterocycles. The van der Waals surface area contributed by atoms with E-state index in [-0.39, 0.29) is 5.56 Å². The van der Waals surface area contributed by atoms with E-state index in [0.717, 1.165) is 13.2 Å². The zero-order valence-corrected chi connectivity index (χ0v) is 12.5. The number of carboxylic acid groups (broad SMARTS) is 1. The van der Waals surface area contributed by atoms with Crippen LogP contribution >= 0.6 is 11.6 Å². The number of nitrogens with two attached hydrogens (primary N) is 1. The molecule has 0 atom stereocenters. The van der Waals surface area contributed by atoms with Crippen molar-refractivity contribution in [2.75, 3.05) is 12.8 Å². The Balaban J connectivity index is 2.75. The molecule has 2 rings (SSSR count). The van der Waals surface area contributed by atoms with Crippen molar-refractivity contribution in [2.45, 2.75) is 6.18 Å².